The summed E-state index contributed by atoms with van der Waals surface area (Å²) >= 11 is 0. The van der Waals surface area contributed by atoms with Crippen molar-refractivity contribution in [2.45, 2.75) is 32.1 Å². The molecule has 1 rings (SSSR count). The highest BCUT2D eigenvalue weighted by Crippen LogP contribution is 2.63. The van der Waals surface area contributed by atoms with Crippen LogP contribution in [0.2, 0.25) is 0 Å². The Balaban J connectivity index is 3.51. The van der Waals surface area contributed by atoms with Gasteiger partial charge in [0.05, 0.1) is 26.4 Å². The lowest BCUT2D eigenvalue weighted by Crippen LogP contribution is -2.62. The number of hydrogen-bond donors (Lipinski definition) is 4. The molecule has 1 fully saturated rings. The SMILES string of the molecule is C=CCC1(CC=C)C(CO)(CO)CCCC1(CO)CO. The normalized spacial score (nSPS) is 23.2. The molecule has 0 unspecified atom stereocenters. The minimum Gasteiger partial charge on any atom is -0.396 e. The lowest BCUT2D eigenvalue weighted by atomic mass is 9.43. The van der Waals surface area contributed by atoms with Crippen LogP contribution in [0.25, 0.3) is 0 Å². The minimum absolute atomic E-state index is 0.174. The molecule has 0 atom stereocenters. The zero-order chi connectivity index (χ0) is 15.3. The molecule has 1 aliphatic carbocycles. The average molecular weight is 284 g/mol. The highest BCUT2D eigenvalue weighted by Gasteiger charge is 2.62. The molecule has 0 bridgehead atoms. The van der Waals surface area contributed by atoms with E-state index in [-0.39, 0.29) is 26.4 Å². The second-order valence-electron chi connectivity index (χ2n) is 6.11. The maximum absolute atomic E-state index is 9.96. The van der Waals surface area contributed by atoms with E-state index >= 15 is 0 Å². The summed E-state index contributed by atoms with van der Waals surface area (Å²) in [6, 6.07) is 0. The van der Waals surface area contributed by atoms with Crippen LogP contribution in [0.4, 0.5) is 0 Å². The van der Waals surface area contributed by atoms with Crippen LogP contribution < -0.4 is 0 Å². The molecule has 1 aliphatic rings. The molecule has 0 aromatic carbocycles. The summed E-state index contributed by atoms with van der Waals surface area (Å²) in [5, 5.41) is 39.8. The van der Waals surface area contributed by atoms with Gasteiger partial charge in [0.15, 0.2) is 0 Å². The highest BCUT2D eigenvalue weighted by molar-refractivity contribution is 5.14. The van der Waals surface area contributed by atoms with Gasteiger partial charge >= 0.3 is 0 Å². The van der Waals surface area contributed by atoms with Gasteiger partial charge in [-0.15, -0.1) is 13.2 Å². The first-order chi connectivity index (χ1) is 9.57. The molecule has 0 heterocycles. The van der Waals surface area contributed by atoms with Crippen molar-refractivity contribution < 1.29 is 20.4 Å². The van der Waals surface area contributed by atoms with E-state index in [1.807, 2.05) is 0 Å². The van der Waals surface area contributed by atoms with Gasteiger partial charge in [-0.25, -0.2) is 0 Å². The van der Waals surface area contributed by atoms with Crippen LogP contribution in [0.5, 0.6) is 0 Å². The monoisotopic (exact) mass is 284 g/mol. The van der Waals surface area contributed by atoms with Gasteiger partial charge in [0.1, 0.15) is 0 Å². The first kappa shape index (κ1) is 17.4. The number of hydrogen-bond acceptors (Lipinski definition) is 4. The first-order valence-corrected chi connectivity index (χ1v) is 7.23. The van der Waals surface area contributed by atoms with Crippen molar-refractivity contribution >= 4 is 0 Å². The van der Waals surface area contributed by atoms with Gasteiger partial charge in [-0.3, -0.25) is 0 Å². The van der Waals surface area contributed by atoms with Crippen LogP contribution in [0.15, 0.2) is 25.3 Å². The summed E-state index contributed by atoms with van der Waals surface area (Å²) in [4.78, 5) is 0. The van der Waals surface area contributed by atoms with Crippen molar-refractivity contribution in [1.29, 1.82) is 0 Å². The summed E-state index contributed by atoms with van der Waals surface area (Å²) in [6.45, 7) is 6.88. The Labute approximate surface area is 121 Å². The molecule has 1 saturated carbocycles. The topological polar surface area (TPSA) is 80.9 Å². The second kappa shape index (κ2) is 6.85. The van der Waals surface area contributed by atoms with Crippen molar-refractivity contribution in [3.8, 4) is 0 Å². The van der Waals surface area contributed by atoms with Crippen molar-refractivity contribution in [1.82, 2.24) is 0 Å². The smallest absolute Gasteiger partial charge is 0.0515 e. The lowest BCUT2D eigenvalue weighted by molar-refractivity contribution is -0.197. The van der Waals surface area contributed by atoms with Gasteiger partial charge in [-0.2, -0.15) is 0 Å². The van der Waals surface area contributed by atoms with Gasteiger partial charge in [0.25, 0.3) is 0 Å². The molecular formula is C16H28O4. The molecule has 4 heteroatoms. The largest absolute Gasteiger partial charge is 0.396 e. The highest BCUT2D eigenvalue weighted by atomic mass is 16.3. The number of allylic oxidation sites excluding steroid dienone is 2. The second-order valence-corrected chi connectivity index (χ2v) is 6.11. The van der Waals surface area contributed by atoms with Crippen LogP contribution in [0.1, 0.15) is 32.1 Å². The molecule has 20 heavy (non-hydrogen) atoms. The zero-order valence-corrected chi connectivity index (χ0v) is 12.2. The third-order valence-corrected chi connectivity index (χ3v) is 5.54. The lowest BCUT2D eigenvalue weighted by Gasteiger charge is -2.62. The molecule has 4 N–H and O–H groups in total. The fourth-order valence-electron chi connectivity index (χ4n) is 4.27. The fourth-order valence-corrected chi connectivity index (χ4v) is 4.27. The Morgan fingerprint density at radius 1 is 0.750 bits per heavy atom. The zero-order valence-electron chi connectivity index (χ0n) is 12.2. The van der Waals surface area contributed by atoms with Crippen LogP contribution >= 0.6 is 0 Å². The molecule has 0 aromatic heterocycles. The quantitative estimate of drug-likeness (QED) is 0.506. The van der Waals surface area contributed by atoms with E-state index in [2.05, 4.69) is 13.2 Å². The van der Waals surface area contributed by atoms with Gasteiger partial charge in [0.2, 0.25) is 0 Å². The van der Waals surface area contributed by atoms with Crippen molar-refractivity contribution in [3.63, 3.8) is 0 Å². The van der Waals surface area contributed by atoms with E-state index in [0.29, 0.717) is 25.7 Å². The van der Waals surface area contributed by atoms with E-state index in [1.54, 1.807) is 12.2 Å². The molecule has 0 aliphatic heterocycles. The molecule has 0 aromatic rings. The summed E-state index contributed by atoms with van der Waals surface area (Å²) < 4.78 is 0. The average Bonchev–Trinajstić information content (AvgIpc) is 2.48. The van der Waals surface area contributed by atoms with Crippen molar-refractivity contribution in [2.24, 2.45) is 16.2 Å². The molecule has 4 nitrogen and oxygen atoms in total. The maximum atomic E-state index is 9.96. The third-order valence-electron chi connectivity index (χ3n) is 5.54. The maximum Gasteiger partial charge on any atom is 0.0515 e. The van der Waals surface area contributed by atoms with Crippen molar-refractivity contribution in [3.05, 3.63) is 25.3 Å². The van der Waals surface area contributed by atoms with E-state index in [4.69, 9.17) is 0 Å². The summed E-state index contributed by atoms with van der Waals surface area (Å²) in [5.74, 6) is 0. The van der Waals surface area contributed by atoms with Crippen LogP contribution in [0.3, 0.4) is 0 Å². The molecule has 0 radical (unpaired) electrons. The Morgan fingerprint density at radius 3 is 1.35 bits per heavy atom. The van der Waals surface area contributed by atoms with Crippen LogP contribution in [-0.4, -0.2) is 46.9 Å². The summed E-state index contributed by atoms with van der Waals surface area (Å²) in [6.07, 6.45) is 6.62. The van der Waals surface area contributed by atoms with Gasteiger partial charge in [-0.05, 0) is 31.1 Å². The molecule has 0 amide bonds. The molecule has 116 valence electrons. The van der Waals surface area contributed by atoms with E-state index < -0.39 is 16.2 Å². The number of rotatable bonds is 8. The number of aliphatic hydroxyl groups excluding tert-OH is 4. The Morgan fingerprint density at radius 2 is 1.10 bits per heavy atom. The molecule has 0 spiro atoms. The van der Waals surface area contributed by atoms with E-state index in [1.165, 1.54) is 0 Å². The fraction of sp³-hybridized carbons (Fsp3) is 0.750. The van der Waals surface area contributed by atoms with Crippen LogP contribution in [-0.2, 0) is 0 Å². The minimum atomic E-state index is -0.737. The van der Waals surface area contributed by atoms with E-state index in [0.717, 1.165) is 6.42 Å². The van der Waals surface area contributed by atoms with Gasteiger partial charge in [-0.1, -0.05) is 18.6 Å². The molecular weight excluding hydrogens is 256 g/mol. The van der Waals surface area contributed by atoms with Crippen molar-refractivity contribution in [2.75, 3.05) is 26.4 Å². The Bertz CT molecular complexity index is 297. The van der Waals surface area contributed by atoms with Gasteiger partial charge < -0.3 is 20.4 Å². The van der Waals surface area contributed by atoms with Crippen LogP contribution in [0, 0.1) is 16.2 Å². The Kier molecular flexibility index (Phi) is 5.95. The van der Waals surface area contributed by atoms with E-state index in [9.17, 15) is 20.4 Å². The summed E-state index contributed by atoms with van der Waals surface area (Å²) in [7, 11) is 0. The predicted molar refractivity (Wildman–Crippen MR) is 79.1 cm³/mol. The van der Waals surface area contributed by atoms with Gasteiger partial charge in [0, 0.05) is 10.8 Å². The standard InChI is InChI=1S/C16H28O4/c1-3-6-16(7-4-2)14(10-17,11-18)8-5-9-15(16,12-19)13-20/h3-4,17-20H,1-2,5-13H2. The number of aliphatic hydroxyl groups is 4. The Hall–Kier alpha value is -0.680. The first-order valence-electron chi connectivity index (χ1n) is 7.23. The summed E-state index contributed by atoms with van der Waals surface area (Å²) in [5.41, 5.74) is -2.10. The predicted octanol–water partition coefficient (Wildman–Crippen LogP) is 1.25. The third kappa shape index (κ3) is 2.25. The molecule has 0 saturated heterocycles.